The topological polar surface area (TPSA) is 55.2 Å². The molecule has 104 valence electrons. The second kappa shape index (κ2) is 6.05. The molecule has 2 aromatic carbocycles. The Labute approximate surface area is 126 Å². The van der Waals surface area contributed by atoms with Crippen LogP contribution in [0.4, 0.5) is 11.4 Å². The van der Waals surface area contributed by atoms with Crippen molar-refractivity contribution in [2.24, 2.45) is 0 Å². The summed E-state index contributed by atoms with van der Waals surface area (Å²) in [7, 11) is 0. The summed E-state index contributed by atoms with van der Waals surface area (Å²) >= 11 is 3.47. The molecular weight excluding hydrogens is 320 g/mol. The van der Waals surface area contributed by atoms with Crippen LogP contribution in [0.2, 0.25) is 0 Å². The Morgan fingerprint density at radius 1 is 1.20 bits per heavy atom. The van der Waals surface area contributed by atoms with E-state index in [1.165, 1.54) is 12.1 Å². The molecule has 0 bridgehead atoms. The summed E-state index contributed by atoms with van der Waals surface area (Å²) in [4.78, 5) is 10.2. The van der Waals surface area contributed by atoms with Crippen molar-refractivity contribution in [3.05, 3.63) is 68.2 Å². The van der Waals surface area contributed by atoms with Crippen molar-refractivity contribution in [1.82, 2.24) is 0 Å². The standard InChI is InChI=1S/C15H15BrN2O2/c1-10-9-13(5-8-15(10)16)17-11(2)12-3-6-14(7-4-12)18(19)20/h3-9,11,17H,1-2H3. The van der Waals surface area contributed by atoms with E-state index >= 15 is 0 Å². The highest BCUT2D eigenvalue weighted by Crippen LogP contribution is 2.24. The molecule has 0 aliphatic carbocycles. The number of hydrogen-bond donors (Lipinski definition) is 1. The van der Waals surface area contributed by atoms with E-state index in [1.807, 2.05) is 26.0 Å². The molecule has 4 nitrogen and oxygen atoms in total. The monoisotopic (exact) mass is 334 g/mol. The number of nitrogens with zero attached hydrogens (tertiary/aromatic N) is 1. The zero-order valence-corrected chi connectivity index (χ0v) is 12.8. The zero-order chi connectivity index (χ0) is 14.7. The summed E-state index contributed by atoms with van der Waals surface area (Å²) in [5.74, 6) is 0. The van der Waals surface area contributed by atoms with Gasteiger partial charge in [-0.1, -0.05) is 28.1 Å². The molecule has 1 atom stereocenters. The predicted octanol–water partition coefficient (Wildman–Crippen LogP) is 4.84. The number of nitro benzene ring substituents is 1. The van der Waals surface area contributed by atoms with E-state index in [4.69, 9.17) is 0 Å². The molecule has 0 aliphatic rings. The SMILES string of the molecule is Cc1cc(NC(C)c2ccc([N+](=O)[O-])cc2)ccc1Br. The molecule has 20 heavy (non-hydrogen) atoms. The summed E-state index contributed by atoms with van der Waals surface area (Å²) in [6.07, 6.45) is 0. The summed E-state index contributed by atoms with van der Waals surface area (Å²) < 4.78 is 1.08. The number of anilines is 1. The molecule has 2 rings (SSSR count). The van der Waals surface area contributed by atoms with Gasteiger partial charge in [-0.05, 0) is 43.2 Å². The largest absolute Gasteiger partial charge is 0.379 e. The van der Waals surface area contributed by atoms with Crippen molar-refractivity contribution in [3.8, 4) is 0 Å². The molecule has 0 aliphatic heterocycles. The first kappa shape index (κ1) is 14.5. The molecule has 0 amide bonds. The number of benzene rings is 2. The van der Waals surface area contributed by atoms with Crippen LogP contribution in [-0.2, 0) is 0 Å². The van der Waals surface area contributed by atoms with Crippen LogP contribution in [0.5, 0.6) is 0 Å². The Morgan fingerprint density at radius 2 is 1.85 bits per heavy atom. The van der Waals surface area contributed by atoms with E-state index < -0.39 is 0 Å². The van der Waals surface area contributed by atoms with E-state index in [-0.39, 0.29) is 16.7 Å². The summed E-state index contributed by atoms with van der Waals surface area (Å²) in [5, 5.41) is 14.0. The van der Waals surface area contributed by atoms with Crippen molar-refractivity contribution in [2.75, 3.05) is 5.32 Å². The highest BCUT2D eigenvalue weighted by molar-refractivity contribution is 9.10. The highest BCUT2D eigenvalue weighted by atomic mass is 79.9. The van der Waals surface area contributed by atoms with Crippen molar-refractivity contribution < 1.29 is 4.92 Å². The first-order chi connectivity index (χ1) is 9.47. The number of rotatable bonds is 4. The van der Waals surface area contributed by atoms with Gasteiger partial charge in [0, 0.05) is 28.3 Å². The number of aryl methyl sites for hydroxylation is 1. The molecule has 5 heteroatoms. The molecular formula is C15H15BrN2O2. The molecule has 1 unspecified atom stereocenters. The fourth-order valence-corrected chi connectivity index (χ4v) is 2.20. The number of hydrogen-bond acceptors (Lipinski definition) is 3. The molecule has 1 N–H and O–H groups in total. The molecule has 0 radical (unpaired) electrons. The fourth-order valence-electron chi connectivity index (χ4n) is 1.95. The summed E-state index contributed by atoms with van der Waals surface area (Å²) in [5.41, 5.74) is 3.30. The van der Waals surface area contributed by atoms with Gasteiger partial charge in [0.25, 0.3) is 5.69 Å². The van der Waals surface area contributed by atoms with Gasteiger partial charge in [-0.2, -0.15) is 0 Å². The van der Waals surface area contributed by atoms with Crippen LogP contribution in [0.1, 0.15) is 24.1 Å². The van der Waals surface area contributed by atoms with Gasteiger partial charge >= 0.3 is 0 Å². The maximum Gasteiger partial charge on any atom is 0.269 e. The lowest BCUT2D eigenvalue weighted by Crippen LogP contribution is -2.06. The lowest BCUT2D eigenvalue weighted by Gasteiger charge is -2.16. The minimum absolute atomic E-state index is 0.0800. The van der Waals surface area contributed by atoms with Gasteiger partial charge in [0.05, 0.1) is 4.92 Å². The lowest BCUT2D eigenvalue weighted by molar-refractivity contribution is -0.384. The fraction of sp³-hybridized carbons (Fsp3) is 0.200. The first-order valence-electron chi connectivity index (χ1n) is 6.24. The van der Waals surface area contributed by atoms with E-state index in [9.17, 15) is 10.1 Å². The second-order valence-corrected chi connectivity index (χ2v) is 5.53. The molecule has 0 heterocycles. The van der Waals surface area contributed by atoms with Crippen molar-refractivity contribution >= 4 is 27.3 Å². The van der Waals surface area contributed by atoms with Gasteiger partial charge in [0.2, 0.25) is 0 Å². The van der Waals surface area contributed by atoms with Crippen LogP contribution in [0.25, 0.3) is 0 Å². The maximum absolute atomic E-state index is 10.6. The number of non-ortho nitro benzene ring substituents is 1. The summed E-state index contributed by atoms with van der Waals surface area (Å²) in [6.45, 7) is 4.06. The van der Waals surface area contributed by atoms with Gasteiger partial charge in [-0.25, -0.2) is 0 Å². The maximum atomic E-state index is 10.6. The van der Waals surface area contributed by atoms with Crippen molar-refractivity contribution in [1.29, 1.82) is 0 Å². The normalized spacial score (nSPS) is 11.9. The third kappa shape index (κ3) is 3.36. The van der Waals surface area contributed by atoms with Crippen molar-refractivity contribution in [3.63, 3.8) is 0 Å². The third-order valence-electron chi connectivity index (χ3n) is 3.15. The zero-order valence-electron chi connectivity index (χ0n) is 11.3. The first-order valence-corrected chi connectivity index (χ1v) is 7.03. The minimum Gasteiger partial charge on any atom is -0.379 e. The van der Waals surface area contributed by atoms with Gasteiger partial charge < -0.3 is 5.32 Å². The van der Waals surface area contributed by atoms with E-state index in [0.29, 0.717) is 0 Å². The van der Waals surface area contributed by atoms with Crippen LogP contribution >= 0.6 is 15.9 Å². The average molecular weight is 335 g/mol. The van der Waals surface area contributed by atoms with E-state index in [1.54, 1.807) is 12.1 Å². The molecule has 0 saturated carbocycles. The van der Waals surface area contributed by atoms with Crippen LogP contribution in [0.3, 0.4) is 0 Å². The van der Waals surface area contributed by atoms with Crippen LogP contribution in [-0.4, -0.2) is 4.92 Å². The van der Waals surface area contributed by atoms with Crippen LogP contribution in [0, 0.1) is 17.0 Å². The minimum atomic E-state index is -0.389. The Hall–Kier alpha value is -1.88. The van der Waals surface area contributed by atoms with Crippen LogP contribution < -0.4 is 5.32 Å². The Kier molecular flexibility index (Phi) is 4.39. The Morgan fingerprint density at radius 3 is 2.40 bits per heavy atom. The number of halogens is 1. The molecule has 2 aromatic rings. The van der Waals surface area contributed by atoms with Gasteiger partial charge in [0.1, 0.15) is 0 Å². The molecule has 0 spiro atoms. The van der Waals surface area contributed by atoms with Gasteiger partial charge in [-0.15, -0.1) is 0 Å². The van der Waals surface area contributed by atoms with Gasteiger partial charge in [0.15, 0.2) is 0 Å². The smallest absolute Gasteiger partial charge is 0.269 e. The van der Waals surface area contributed by atoms with Gasteiger partial charge in [-0.3, -0.25) is 10.1 Å². The molecule has 0 aromatic heterocycles. The quantitative estimate of drug-likeness (QED) is 0.642. The lowest BCUT2D eigenvalue weighted by atomic mass is 10.1. The second-order valence-electron chi connectivity index (χ2n) is 4.68. The Balaban J connectivity index is 2.12. The highest BCUT2D eigenvalue weighted by Gasteiger charge is 2.09. The van der Waals surface area contributed by atoms with E-state index in [0.717, 1.165) is 21.3 Å². The molecule has 0 saturated heterocycles. The predicted molar refractivity (Wildman–Crippen MR) is 84.0 cm³/mol. The van der Waals surface area contributed by atoms with Crippen LogP contribution in [0.15, 0.2) is 46.9 Å². The average Bonchev–Trinajstić information content (AvgIpc) is 2.43. The Bertz CT molecular complexity index is 626. The number of nitrogens with one attached hydrogen (secondary N) is 1. The molecule has 0 fully saturated rings. The third-order valence-corrected chi connectivity index (χ3v) is 4.03. The van der Waals surface area contributed by atoms with E-state index in [2.05, 4.69) is 27.3 Å². The number of nitro groups is 1. The summed E-state index contributed by atoms with van der Waals surface area (Å²) in [6, 6.07) is 12.8. The van der Waals surface area contributed by atoms with Crippen molar-refractivity contribution in [2.45, 2.75) is 19.9 Å².